The minimum atomic E-state index is -0.616. The average Bonchev–Trinajstić information content (AvgIpc) is 4.01. The van der Waals surface area contributed by atoms with Crippen LogP contribution in [0, 0.1) is 0 Å². The van der Waals surface area contributed by atoms with Gasteiger partial charge < -0.3 is 14.1 Å². The van der Waals surface area contributed by atoms with Gasteiger partial charge in [-0.05, 0) is 110 Å². The van der Waals surface area contributed by atoms with Gasteiger partial charge in [0.1, 0.15) is 22.7 Å². The predicted molar refractivity (Wildman–Crippen MR) is 263 cm³/mol. The Morgan fingerprint density at radius 1 is 0.323 bits per heavy atom. The van der Waals surface area contributed by atoms with E-state index in [1.807, 2.05) is 6.07 Å². The van der Waals surface area contributed by atoms with E-state index in [0.717, 1.165) is 61.6 Å². The smallest absolute Gasteiger partial charge is 0.137 e. The second-order valence-corrected chi connectivity index (χ2v) is 17.5. The van der Waals surface area contributed by atoms with Gasteiger partial charge in [0.2, 0.25) is 0 Å². The number of anilines is 3. The summed E-state index contributed by atoms with van der Waals surface area (Å²) in [5.41, 5.74) is 18.4. The fourth-order valence-corrected chi connectivity index (χ4v) is 11.9. The van der Waals surface area contributed by atoms with Crippen molar-refractivity contribution in [3.8, 4) is 33.8 Å². The van der Waals surface area contributed by atoms with E-state index in [2.05, 4.69) is 235 Å². The lowest BCUT2D eigenvalue weighted by molar-refractivity contribution is 0.436. The van der Waals surface area contributed by atoms with Gasteiger partial charge >= 0.3 is 0 Å². The van der Waals surface area contributed by atoms with E-state index in [1.165, 1.54) is 55.6 Å². The number of ether oxygens (including phenoxy) is 1. The molecule has 0 radical (unpaired) electrons. The molecule has 3 nitrogen and oxygen atoms in total. The topological polar surface area (TPSA) is 25.6 Å². The molecule has 0 bridgehead atoms. The first kappa shape index (κ1) is 36.1. The maximum absolute atomic E-state index is 6.93. The third kappa shape index (κ3) is 4.79. The lowest BCUT2D eigenvalue weighted by atomic mass is 9.66. The van der Waals surface area contributed by atoms with Crippen LogP contribution in [0.3, 0.4) is 0 Å². The summed E-state index contributed by atoms with van der Waals surface area (Å²) in [6, 6.07) is 86.2. The Morgan fingerprint density at radius 2 is 0.831 bits per heavy atom. The van der Waals surface area contributed by atoms with Crippen LogP contribution < -0.4 is 9.64 Å². The summed E-state index contributed by atoms with van der Waals surface area (Å²) in [5.74, 6) is 1.73. The molecule has 0 fully saturated rings. The van der Waals surface area contributed by atoms with E-state index in [4.69, 9.17) is 9.15 Å². The minimum Gasteiger partial charge on any atom is -0.457 e. The van der Waals surface area contributed by atoms with Gasteiger partial charge in [-0.1, -0.05) is 182 Å². The van der Waals surface area contributed by atoms with Crippen molar-refractivity contribution in [1.29, 1.82) is 0 Å². The van der Waals surface area contributed by atoms with Gasteiger partial charge in [0, 0.05) is 27.9 Å². The normalized spacial score (nSPS) is 14.2. The quantitative estimate of drug-likeness (QED) is 0.173. The van der Waals surface area contributed by atoms with E-state index in [1.54, 1.807) is 0 Å². The maximum atomic E-state index is 6.93. The molecule has 0 atom stereocenters. The highest BCUT2D eigenvalue weighted by molar-refractivity contribution is 6.13. The van der Waals surface area contributed by atoms with Gasteiger partial charge in [-0.15, -0.1) is 0 Å². The number of benzene rings is 10. The van der Waals surface area contributed by atoms with E-state index in [9.17, 15) is 0 Å². The molecule has 11 aromatic rings. The van der Waals surface area contributed by atoms with Crippen molar-refractivity contribution in [2.75, 3.05) is 4.90 Å². The second-order valence-electron chi connectivity index (χ2n) is 17.5. The summed E-state index contributed by atoms with van der Waals surface area (Å²) in [6.07, 6.45) is 0. The molecule has 1 spiro atoms. The van der Waals surface area contributed by atoms with Crippen LogP contribution in [0.4, 0.5) is 17.1 Å². The van der Waals surface area contributed by atoms with Crippen molar-refractivity contribution in [3.05, 3.63) is 281 Å². The summed E-state index contributed by atoms with van der Waals surface area (Å²) >= 11 is 0. The zero-order valence-electron chi connectivity index (χ0n) is 35.3. The third-order valence-corrected chi connectivity index (χ3v) is 14.4. The molecule has 304 valence electrons. The van der Waals surface area contributed by atoms with E-state index in [-0.39, 0.29) is 0 Å². The molecule has 14 rings (SSSR count). The average molecular weight is 830 g/mol. The van der Waals surface area contributed by atoms with E-state index >= 15 is 0 Å². The first-order valence-electron chi connectivity index (χ1n) is 22.4. The van der Waals surface area contributed by atoms with Crippen LogP contribution in [0.2, 0.25) is 0 Å². The molecule has 0 saturated heterocycles. The van der Waals surface area contributed by atoms with Gasteiger partial charge in [0.25, 0.3) is 0 Å². The molecular formula is C62H39NO2. The Balaban J connectivity index is 1.07. The van der Waals surface area contributed by atoms with Crippen molar-refractivity contribution in [2.24, 2.45) is 0 Å². The first-order valence-corrected chi connectivity index (χ1v) is 22.4. The molecule has 0 amide bonds. The molecule has 2 aliphatic carbocycles. The molecule has 1 aliphatic heterocycles. The summed E-state index contributed by atoms with van der Waals surface area (Å²) < 4.78 is 13.5. The van der Waals surface area contributed by atoms with Crippen LogP contribution in [-0.4, -0.2) is 0 Å². The maximum Gasteiger partial charge on any atom is 0.137 e. The lowest BCUT2D eigenvalue weighted by Gasteiger charge is -2.40. The van der Waals surface area contributed by atoms with Gasteiger partial charge in [0.15, 0.2) is 0 Å². The standard InChI is InChI=1S/C62H39NO2/c1-3-18-40(19-4-1)61(41-20-5-2-6-21-41)49-26-11-9-24-46(49)48-38-42(34-36-52(48)61)63(55-30-17-33-59-60(55)47-25-10-15-31-56(47)64-59)43-35-37-58-54(39-43)62(53-29-14-16-32-57(53)65-58)50-27-12-7-22-44(50)45-23-8-13-28-51(45)62/h1-39H. The molecule has 0 unspecified atom stereocenters. The molecule has 3 aliphatic rings. The fourth-order valence-electron chi connectivity index (χ4n) is 11.9. The van der Waals surface area contributed by atoms with Crippen molar-refractivity contribution in [3.63, 3.8) is 0 Å². The molecule has 1 aromatic heterocycles. The third-order valence-electron chi connectivity index (χ3n) is 14.4. The molecular weight excluding hydrogens is 791 g/mol. The monoisotopic (exact) mass is 829 g/mol. The highest BCUT2D eigenvalue weighted by Crippen LogP contribution is 2.63. The SMILES string of the molecule is c1ccc(C2(c3ccccc3)c3ccccc3-c3cc(N(c4ccc5c(c4)C4(c6ccccc6O5)c5ccccc5-c5ccccc54)c4cccc5oc6ccccc6c45)ccc32)cc1. The van der Waals surface area contributed by atoms with Crippen LogP contribution in [-0.2, 0) is 10.8 Å². The van der Waals surface area contributed by atoms with E-state index < -0.39 is 10.8 Å². The van der Waals surface area contributed by atoms with Gasteiger partial charge in [-0.2, -0.15) is 0 Å². The number of rotatable bonds is 5. The predicted octanol–water partition coefficient (Wildman–Crippen LogP) is 15.9. The Kier molecular flexibility index (Phi) is 7.53. The molecule has 0 saturated carbocycles. The number of furan rings is 1. The van der Waals surface area contributed by atoms with Crippen LogP contribution in [0.5, 0.6) is 11.5 Å². The first-order chi connectivity index (χ1) is 32.2. The van der Waals surface area contributed by atoms with Gasteiger partial charge in [-0.25, -0.2) is 0 Å². The Labute approximate surface area is 377 Å². The zero-order chi connectivity index (χ0) is 42.7. The number of hydrogen-bond donors (Lipinski definition) is 0. The summed E-state index contributed by atoms with van der Waals surface area (Å²) in [4.78, 5) is 2.44. The highest BCUT2D eigenvalue weighted by atomic mass is 16.5. The Hall–Kier alpha value is -8.40. The summed E-state index contributed by atoms with van der Waals surface area (Å²) in [5, 5.41) is 2.14. The molecule has 2 heterocycles. The van der Waals surface area contributed by atoms with Crippen LogP contribution in [0.1, 0.15) is 44.5 Å². The molecule has 65 heavy (non-hydrogen) atoms. The van der Waals surface area contributed by atoms with Crippen molar-refractivity contribution in [2.45, 2.75) is 10.8 Å². The summed E-state index contributed by atoms with van der Waals surface area (Å²) in [7, 11) is 0. The van der Waals surface area contributed by atoms with Crippen LogP contribution >= 0.6 is 0 Å². The number of para-hydroxylation sites is 2. The van der Waals surface area contributed by atoms with Gasteiger partial charge in [0.05, 0.1) is 21.9 Å². The number of hydrogen-bond acceptors (Lipinski definition) is 3. The molecule has 0 N–H and O–H groups in total. The fraction of sp³-hybridized carbons (Fsp3) is 0.0323. The van der Waals surface area contributed by atoms with Gasteiger partial charge in [-0.3, -0.25) is 0 Å². The second kappa shape index (κ2) is 13.6. The lowest BCUT2D eigenvalue weighted by Crippen LogP contribution is -2.32. The van der Waals surface area contributed by atoms with Crippen molar-refractivity contribution >= 4 is 39.0 Å². The molecule has 3 heteroatoms. The van der Waals surface area contributed by atoms with E-state index in [0.29, 0.717) is 0 Å². The summed E-state index contributed by atoms with van der Waals surface area (Å²) in [6.45, 7) is 0. The number of fused-ring (bicyclic) bond motifs is 15. The largest absolute Gasteiger partial charge is 0.457 e. The Bertz CT molecular complexity index is 3630. The van der Waals surface area contributed by atoms with Crippen molar-refractivity contribution in [1.82, 2.24) is 0 Å². The van der Waals surface area contributed by atoms with Crippen LogP contribution in [0.15, 0.2) is 241 Å². The zero-order valence-corrected chi connectivity index (χ0v) is 35.3. The minimum absolute atomic E-state index is 0.509. The number of nitrogens with zero attached hydrogens (tertiary/aromatic N) is 1. The van der Waals surface area contributed by atoms with Crippen LogP contribution in [0.25, 0.3) is 44.2 Å². The molecule has 10 aromatic carbocycles. The van der Waals surface area contributed by atoms with Crippen molar-refractivity contribution < 1.29 is 9.15 Å². The highest BCUT2D eigenvalue weighted by Gasteiger charge is 2.51. The Morgan fingerprint density at radius 3 is 1.54 bits per heavy atom.